The minimum Gasteiger partial charge on any atom is -0.334 e. The standard InChI is InChI=1S/C12H14FN5O/c1-8-9(6-16-18(8)2)5-15-12(19)17-11-3-4-14-7-10(11)13/h3-4,6-7H,5H2,1-2H3,(H2,14,15,17,19). The maximum atomic E-state index is 13.3. The van der Waals surface area contributed by atoms with Crippen molar-refractivity contribution in [1.29, 1.82) is 0 Å². The summed E-state index contributed by atoms with van der Waals surface area (Å²) in [5.41, 5.74) is 1.97. The monoisotopic (exact) mass is 263 g/mol. The Balaban J connectivity index is 1.92. The molecule has 0 aliphatic carbocycles. The third-order valence-electron chi connectivity index (χ3n) is 2.80. The quantitative estimate of drug-likeness (QED) is 0.883. The molecule has 0 unspecified atom stereocenters. The van der Waals surface area contributed by atoms with Crippen molar-refractivity contribution >= 4 is 11.7 Å². The Morgan fingerprint density at radius 1 is 1.47 bits per heavy atom. The Bertz CT molecular complexity index is 596. The highest BCUT2D eigenvalue weighted by atomic mass is 19.1. The molecule has 7 heteroatoms. The van der Waals surface area contributed by atoms with E-state index in [0.29, 0.717) is 6.54 Å². The maximum Gasteiger partial charge on any atom is 0.319 e. The number of halogens is 1. The number of pyridine rings is 1. The first-order valence-electron chi connectivity index (χ1n) is 5.69. The van der Waals surface area contributed by atoms with Crippen LogP contribution < -0.4 is 10.6 Å². The lowest BCUT2D eigenvalue weighted by molar-refractivity contribution is 0.251. The van der Waals surface area contributed by atoms with Crippen molar-refractivity contribution in [3.8, 4) is 0 Å². The SMILES string of the molecule is Cc1c(CNC(=O)Nc2ccncc2F)cnn1C. The molecular formula is C12H14FN5O. The average molecular weight is 263 g/mol. The first kappa shape index (κ1) is 13.0. The first-order valence-corrected chi connectivity index (χ1v) is 5.69. The number of carbonyl (C=O) groups is 1. The first-order chi connectivity index (χ1) is 9.08. The molecule has 0 atom stereocenters. The Hall–Kier alpha value is -2.44. The van der Waals surface area contributed by atoms with Crippen LogP contribution in [0.15, 0.2) is 24.7 Å². The molecule has 2 aromatic rings. The lowest BCUT2D eigenvalue weighted by atomic mass is 10.2. The summed E-state index contributed by atoms with van der Waals surface area (Å²) in [6.45, 7) is 2.24. The second kappa shape index (κ2) is 5.47. The van der Waals surface area contributed by atoms with Gasteiger partial charge in [-0.15, -0.1) is 0 Å². The number of hydrogen-bond donors (Lipinski definition) is 2. The molecule has 0 aliphatic rings. The van der Waals surface area contributed by atoms with Crippen LogP contribution in [0.5, 0.6) is 0 Å². The molecular weight excluding hydrogens is 249 g/mol. The van der Waals surface area contributed by atoms with E-state index in [2.05, 4.69) is 20.7 Å². The number of nitrogens with one attached hydrogen (secondary N) is 2. The van der Waals surface area contributed by atoms with Gasteiger partial charge in [-0.1, -0.05) is 0 Å². The molecule has 0 radical (unpaired) electrons. The van der Waals surface area contributed by atoms with E-state index in [-0.39, 0.29) is 5.69 Å². The summed E-state index contributed by atoms with van der Waals surface area (Å²) in [6.07, 6.45) is 4.13. The van der Waals surface area contributed by atoms with Crippen molar-refractivity contribution in [2.75, 3.05) is 5.32 Å². The van der Waals surface area contributed by atoms with Gasteiger partial charge in [-0.25, -0.2) is 9.18 Å². The van der Waals surface area contributed by atoms with Crippen molar-refractivity contribution in [3.63, 3.8) is 0 Å². The van der Waals surface area contributed by atoms with Gasteiger partial charge in [0.2, 0.25) is 0 Å². The normalized spacial score (nSPS) is 10.3. The number of nitrogens with zero attached hydrogens (tertiary/aromatic N) is 3. The maximum absolute atomic E-state index is 13.3. The number of aryl methyl sites for hydroxylation is 1. The van der Waals surface area contributed by atoms with Crippen LogP contribution in [-0.2, 0) is 13.6 Å². The molecule has 0 saturated heterocycles. The van der Waals surface area contributed by atoms with Gasteiger partial charge in [0.05, 0.1) is 18.1 Å². The van der Waals surface area contributed by atoms with Crippen LogP contribution >= 0.6 is 0 Å². The third-order valence-corrected chi connectivity index (χ3v) is 2.80. The zero-order valence-electron chi connectivity index (χ0n) is 10.6. The van der Waals surface area contributed by atoms with E-state index in [1.54, 1.807) is 10.9 Å². The van der Waals surface area contributed by atoms with Crippen LogP contribution in [0.4, 0.5) is 14.9 Å². The third kappa shape index (κ3) is 3.06. The summed E-state index contributed by atoms with van der Waals surface area (Å²) in [7, 11) is 1.82. The molecule has 19 heavy (non-hydrogen) atoms. The fourth-order valence-corrected chi connectivity index (χ4v) is 1.54. The number of urea groups is 1. The van der Waals surface area contributed by atoms with E-state index in [1.807, 2.05) is 14.0 Å². The number of carbonyl (C=O) groups excluding carboxylic acids is 1. The van der Waals surface area contributed by atoms with Gasteiger partial charge < -0.3 is 10.6 Å². The predicted molar refractivity (Wildman–Crippen MR) is 68.0 cm³/mol. The molecule has 6 nitrogen and oxygen atoms in total. The van der Waals surface area contributed by atoms with Crippen molar-refractivity contribution in [2.24, 2.45) is 7.05 Å². The molecule has 2 amide bonds. The van der Waals surface area contributed by atoms with E-state index in [4.69, 9.17) is 0 Å². The van der Waals surface area contributed by atoms with Crippen LogP contribution in [0.1, 0.15) is 11.3 Å². The largest absolute Gasteiger partial charge is 0.334 e. The van der Waals surface area contributed by atoms with Gasteiger partial charge in [-0.3, -0.25) is 9.67 Å². The van der Waals surface area contributed by atoms with Crippen LogP contribution in [0.2, 0.25) is 0 Å². The van der Waals surface area contributed by atoms with Gasteiger partial charge in [0.15, 0.2) is 5.82 Å². The second-order valence-corrected chi connectivity index (χ2v) is 4.04. The van der Waals surface area contributed by atoms with Crippen molar-refractivity contribution in [1.82, 2.24) is 20.1 Å². The zero-order chi connectivity index (χ0) is 13.8. The minimum atomic E-state index is -0.574. The number of amides is 2. The summed E-state index contributed by atoms with van der Waals surface area (Å²) in [5, 5.41) is 9.12. The van der Waals surface area contributed by atoms with Crippen molar-refractivity contribution in [3.05, 3.63) is 41.7 Å². The van der Waals surface area contributed by atoms with Gasteiger partial charge in [0.1, 0.15) is 0 Å². The molecule has 2 heterocycles. The zero-order valence-corrected chi connectivity index (χ0v) is 10.6. The molecule has 0 aromatic carbocycles. The number of anilines is 1. The van der Waals surface area contributed by atoms with Crippen molar-refractivity contribution < 1.29 is 9.18 Å². The average Bonchev–Trinajstić information content (AvgIpc) is 2.70. The molecule has 100 valence electrons. The highest BCUT2D eigenvalue weighted by Gasteiger charge is 2.08. The highest BCUT2D eigenvalue weighted by Crippen LogP contribution is 2.10. The van der Waals surface area contributed by atoms with E-state index < -0.39 is 11.8 Å². The number of hydrogen-bond acceptors (Lipinski definition) is 3. The summed E-state index contributed by atoms with van der Waals surface area (Å²) < 4.78 is 15.0. The number of aromatic nitrogens is 3. The van der Waals surface area contributed by atoms with Crippen LogP contribution in [0, 0.1) is 12.7 Å². The van der Waals surface area contributed by atoms with Gasteiger partial charge in [0.25, 0.3) is 0 Å². The molecule has 0 bridgehead atoms. The smallest absolute Gasteiger partial charge is 0.319 e. The van der Waals surface area contributed by atoms with E-state index in [0.717, 1.165) is 17.5 Å². The summed E-state index contributed by atoms with van der Waals surface area (Å²) in [4.78, 5) is 15.2. The molecule has 2 aromatic heterocycles. The Morgan fingerprint density at radius 3 is 2.89 bits per heavy atom. The van der Waals surface area contributed by atoms with Gasteiger partial charge >= 0.3 is 6.03 Å². The van der Waals surface area contributed by atoms with Crippen LogP contribution in [0.3, 0.4) is 0 Å². The van der Waals surface area contributed by atoms with Crippen LogP contribution in [0.25, 0.3) is 0 Å². The fraction of sp³-hybridized carbons (Fsp3) is 0.250. The molecule has 0 aliphatic heterocycles. The Morgan fingerprint density at radius 2 is 2.26 bits per heavy atom. The Kier molecular flexibility index (Phi) is 3.74. The molecule has 2 rings (SSSR count). The van der Waals surface area contributed by atoms with Gasteiger partial charge in [0, 0.05) is 31.0 Å². The molecule has 0 fully saturated rings. The predicted octanol–water partition coefficient (Wildman–Crippen LogP) is 1.58. The van der Waals surface area contributed by atoms with E-state index >= 15 is 0 Å². The number of rotatable bonds is 3. The lowest BCUT2D eigenvalue weighted by Gasteiger charge is -2.07. The topological polar surface area (TPSA) is 71.8 Å². The molecule has 0 spiro atoms. The summed E-state index contributed by atoms with van der Waals surface area (Å²) in [6, 6.07) is 0.915. The summed E-state index contributed by atoms with van der Waals surface area (Å²) in [5.74, 6) is -0.574. The Labute approximate surface area is 109 Å². The van der Waals surface area contributed by atoms with Crippen LogP contribution in [-0.4, -0.2) is 20.8 Å². The summed E-state index contributed by atoms with van der Waals surface area (Å²) >= 11 is 0. The highest BCUT2D eigenvalue weighted by molar-refractivity contribution is 5.89. The van der Waals surface area contributed by atoms with E-state index in [1.165, 1.54) is 12.3 Å². The minimum absolute atomic E-state index is 0.0930. The van der Waals surface area contributed by atoms with Gasteiger partial charge in [-0.2, -0.15) is 5.10 Å². The second-order valence-electron chi connectivity index (χ2n) is 4.04. The van der Waals surface area contributed by atoms with Crippen molar-refractivity contribution in [2.45, 2.75) is 13.5 Å². The molecule has 0 saturated carbocycles. The van der Waals surface area contributed by atoms with Gasteiger partial charge in [-0.05, 0) is 13.0 Å². The fourth-order valence-electron chi connectivity index (χ4n) is 1.54. The van der Waals surface area contributed by atoms with E-state index in [9.17, 15) is 9.18 Å². The molecule has 2 N–H and O–H groups in total. The lowest BCUT2D eigenvalue weighted by Crippen LogP contribution is -2.28.